The highest BCUT2D eigenvalue weighted by Crippen LogP contribution is 2.34. The number of pyridine rings is 1. The fourth-order valence-corrected chi connectivity index (χ4v) is 4.89. The molecule has 15 heteroatoms. The topological polar surface area (TPSA) is 136 Å². The molecule has 4 rings (SSSR count). The number of carbonyl (C=O) groups is 2. The van der Waals surface area contributed by atoms with Crippen LogP contribution in [0.2, 0.25) is 5.02 Å². The van der Waals surface area contributed by atoms with Crippen molar-refractivity contribution in [3.63, 3.8) is 0 Å². The van der Waals surface area contributed by atoms with E-state index in [-0.39, 0.29) is 34.2 Å². The molecule has 2 amide bonds. The second kappa shape index (κ2) is 11.7. The number of alkyl halides is 3. The van der Waals surface area contributed by atoms with Crippen molar-refractivity contribution in [1.29, 1.82) is 0 Å². The number of benzene rings is 1. The number of hydrogen-bond acceptors (Lipinski definition) is 8. The number of halogens is 4. The number of ether oxygens (including phenoxy) is 1. The number of rotatable bonds is 5. The third-order valence-corrected chi connectivity index (χ3v) is 6.82. The standard InChI is InChI=1S/C27H31ClF3N7O4/c1-5-18-22(36-8-10-37(11-9-36)25(41)42-26(2,3)4)23(40)21-24(33-13-19(32)35-21)38(18)14-20(39)34-17-7-6-15(12-16(17)28)27(29,30)31/h6-7,12-13H,5,8-11,14H2,1-4H3,(H2,32,35)(H,34,39). The maximum absolute atomic E-state index is 13.7. The Morgan fingerprint density at radius 3 is 2.38 bits per heavy atom. The van der Waals surface area contributed by atoms with Crippen LogP contribution < -0.4 is 21.4 Å². The molecule has 0 spiro atoms. The zero-order valence-corrected chi connectivity index (χ0v) is 24.3. The van der Waals surface area contributed by atoms with E-state index in [0.29, 0.717) is 44.0 Å². The molecule has 1 saturated heterocycles. The Kier molecular flexibility index (Phi) is 8.58. The largest absolute Gasteiger partial charge is 0.444 e. The van der Waals surface area contributed by atoms with Gasteiger partial charge in [0, 0.05) is 31.9 Å². The van der Waals surface area contributed by atoms with E-state index in [1.54, 1.807) is 25.7 Å². The van der Waals surface area contributed by atoms with E-state index in [1.165, 1.54) is 10.8 Å². The van der Waals surface area contributed by atoms with Gasteiger partial charge in [0.25, 0.3) is 0 Å². The maximum atomic E-state index is 13.7. The van der Waals surface area contributed by atoms with E-state index in [1.807, 2.05) is 11.8 Å². The molecule has 1 fully saturated rings. The molecule has 0 radical (unpaired) electrons. The molecule has 2 aromatic heterocycles. The van der Waals surface area contributed by atoms with Gasteiger partial charge in [-0.25, -0.2) is 14.8 Å². The number of amides is 2. The average molecular weight is 610 g/mol. The van der Waals surface area contributed by atoms with Gasteiger partial charge >= 0.3 is 12.3 Å². The summed E-state index contributed by atoms with van der Waals surface area (Å²) in [5.41, 5.74) is 4.68. The van der Waals surface area contributed by atoms with Crippen molar-refractivity contribution in [2.24, 2.45) is 0 Å². The molecule has 11 nitrogen and oxygen atoms in total. The number of nitrogen functional groups attached to an aromatic ring is 1. The number of fused-ring (bicyclic) bond motifs is 1. The van der Waals surface area contributed by atoms with Crippen LogP contribution in [-0.2, 0) is 28.7 Å². The summed E-state index contributed by atoms with van der Waals surface area (Å²) in [6.45, 7) is 8.03. The molecule has 0 saturated carbocycles. The molecule has 0 atom stereocenters. The summed E-state index contributed by atoms with van der Waals surface area (Å²) in [4.78, 5) is 51.3. The monoisotopic (exact) mass is 609 g/mol. The fourth-order valence-electron chi connectivity index (χ4n) is 4.67. The van der Waals surface area contributed by atoms with Gasteiger partial charge in [-0.3, -0.25) is 9.59 Å². The first-order chi connectivity index (χ1) is 19.6. The molecule has 0 unspecified atom stereocenters. The molecule has 226 valence electrons. The van der Waals surface area contributed by atoms with Gasteiger partial charge in [-0.15, -0.1) is 0 Å². The Labute approximate surface area is 244 Å². The molecule has 42 heavy (non-hydrogen) atoms. The molecule has 3 N–H and O–H groups in total. The van der Waals surface area contributed by atoms with Gasteiger partial charge < -0.3 is 30.2 Å². The lowest BCUT2D eigenvalue weighted by atomic mass is 10.1. The Balaban J connectivity index is 1.67. The highest BCUT2D eigenvalue weighted by molar-refractivity contribution is 6.33. The van der Waals surface area contributed by atoms with Crippen molar-refractivity contribution in [3.8, 4) is 0 Å². The fraction of sp³-hybridized carbons (Fsp3) is 0.444. The van der Waals surface area contributed by atoms with Crippen molar-refractivity contribution < 1.29 is 27.5 Å². The average Bonchev–Trinajstić information content (AvgIpc) is 2.89. The first-order valence-corrected chi connectivity index (χ1v) is 13.5. The third-order valence-electron chi connectivity index (χ3n) is 6.51. The Morgan fingerprint density at radius 2 is 1.81 bits per heavy atom. The minimum Gasteiger partial charge on any atom is -0.444 e. The molecule has 3 heterocycles. The number of nitrogens with two attached hydrogens (primary N) is 1. The Hall–Kier alpha value is -4.07. The molecule has 0 aliphatic carbocycles. The van der Waals surface area contributed by atoms with E-state index < -0.39 is 34.8 Å². The summed E-state index contributed by atoms with van der Waals surface area (Å²) in [6.07, 6.45) is -3.45. The maximum Gasteiger partial charge on any atom is 0.416 e. The number of aromatic nitrogens is 3. The predicted octanol–water partition coefficient (Wildman–Crippen LogP) is 4.30. The van der Waals surface area contributed by atoms with Crippen molar-refractivity contribution >= 4 is 52.0 Å². The molecule has 1 aliphatic heterocycles. The summed E-state index contributed by atoms with van der Waals surface area (Å²) >= 11 is 6.03. The molecular formula is C27H31ClF3N7O4. The zero-order chi connectivity index (χ0) is 31.0. The number of anilines is 3. The van der Waals surface area contributed by atoms with Crippen LogP contribution in [0.3, 0.4) is 0 Å². The lowest BCUT2D eigenvalue weighted by Gasteiger charge is -2.37. The molecular weight excluding hydrogens is 579 g/mol. The minimum absolute atomic E-state index is 0.00752. The van der Waals surface area contributed by atoms with E-state index in [9.17, 15) is 27.6 Å². The Bertz CT molecular complexity index is 1580. The second-order valence-corrected chi connectivity index (χ2v) is 11.1. The summed E-state index contributed by atoms with van der Waals surface area (Å²) in [5, 5.41) is 2.25. The van der Waals surface area contributed by atoms with Crippen molar-refractivity contribution in [1.82, 2.24) is 19.4 Å². The molecule has 0 bridgehead atoms. The predicted molar refractivity (Wildman–Crippen MR) is 153 cm³/mol. The smallest absolute Gasteiger partial charge is 0.416 e. The summed E-state index contributed by atoms with van der Waals surface area (Å²) in [7, 11) is 0. The van der Waals surface area contributed by atoms with Crippen LogP contribution in [-0.4, -0.2) is 63.2 Å². The quantitative estimate of drug-likeness (QED) is 0.437. The van der Waals surface area contributed by atoms with Crippen molar-refractivity contribution in [3.05, 3.63) is 50.9 Å². The molecule has 3 aromatic rings. The third kappa shape index (κ3) is 6.69. The van der Waals surface area contributed by atoms with Crippen molar-refractivity contribution in [2.45, 2.75) is 52.4 Å². The van der Waals surface area contributed by atoms with Gasteiger partial charge in [-0.2, -0.15) is 13.2 Å². The van der Waals surface area contributed by atoms with E-state index >= 15 is 0 Å². The van der Waals surface area contributed by atoms with E-state index in [2.05, 4.69) is 15.3 Å². The van der Waals surface area contributed by atoms with Gasteiger partial charge in [-0.05, 0) is 45.4 Å². The summed E-state index contributed by atoms with van der Waals surface area (Å²) < 4.78 is 46.1. The summed E-state index contributed by atoms with van der Waals surface area (Å²) in [5.74, 6) is -0.604. The van der Waals surface area contributed by atoms with Crippen LogP contribution in [0.1, 0.15) is 39.0 Å². The first kappa shape index (κ1) is 30.9. The van der Waals surface area contributed by atoms with Crippen LogP contribution in [0, 0.1) is 0 Å². The number of piperazine rings is 1. The number of hydrogen-bond donors (Lipinski definition) is 2. The normalized spacial score (nSPS) is 14.3. The van der Waals surface area contributed by atoms with Crippen molar-refractivity contribution in [2.75, 3.05) is 42.1 Å². The second-order valence-electron chi connectivity index (χ2n) is 10.7. The van der Waals surface area contributed by atoms with Gasteiger partial charge in [-0.1, -0.05) is 18.5 Å². The van der Waals surface area contributed by atoms with Gasteiger partial charge in [0.05, 0.1) is 22.5 Å². The highest BCUT2D eigenvalue weighted by atomic mass is 35.5. The van der Waals surface area contributed by atoms with E-state index in [4.69, 9.17) is 22.1 Å². The van der Waals surface area contributed by atoms with Crippen LogP contribution in [0.25, 0.3) is 11.2 Å². The molecule has 1 aliphatic rings. The number of nitrogens with one attached hydrogen (secondary N) is 1. The van der Waals surface area contributed by atoms with Gasteiger partial charge in [0.1, 0.15) is 23.7 Å². The number of nitrogens with zero attached hydrogens (tertiary/aromatic N) is 5. The van der Waals surface area contributed by atoms with Crippen LogP contribution in [0.4, 0.5) is 35.2 Å². The minimum atomic E-state index is -4.59. The Morgan fingerprint density at radius 1 is 1.14 bits per heavy atom. The highest BCUT2D eigenvalue weighted by Gasteiger charge is 2.32. The van der Waals surface area contributed by atoms with Crippen LogP contribution >= 0.6 is 11.6 Å². The lowest BCUT2D eigenvalue weighted by molar-refractivity contribution is -0.137. The first-order valence-electron chi connectivity index (χ1n) is 13.2. The summed E-state index contributed by atoms with van der Waals surface area (Å²) in [6, 6.07) is 2.62. The number of carbonyl (C=O) groups excluding carboxylic acids is 2. The van der Waals surface area contributed by atoms with Crippen LogP contribution in [0.15, 0.2) is 29.2 Å². The van der Waals surface area contributed by atoms with E-state index in [0.717, 1.165) is 18.2 Å². The lowest BCUT2D eigenvalue weighted by Crippen LogP contribution is -2.51. The zero-order valence-electron chi connectivity index (χ0n) is 23.5. The van der Waals surface area contributed by atoms with Crippen LogP contribution in [0.5, 0.6) is 0 Å². The SMILES string of the molecule is CCc1c(N2CCN(C(=O)OC(C)(C)C)CC2)c(=O)c2nc(N)cnc2n1CC(=O)Nc1ccc(C(F)(F)F)cc1Cl. The molecule has 1 aromatic carbocycles. The van der Waals surface area contributed by atoms with Gasteiger partial charge in [0.2, 0.25) is 11.3 Å². The van der Waals surface area contributed by atoms with Gasteiger partial charge in [0.15, 0.2) is 11.2 Å².